The molecule has 0 spiro atoms. The van der Waals surface area contributed by atoms with Crippen LogP contribution in [0.1, 0.15) is 22.6 Å². The number of aliphatic carboxylic acids is 1. The topological polar surface area (TPSA) is 66.8 Å². The second-order valence-electron chi connectivity index (χ2n) is 5.11. The Morgan fingerprint density at radius 1 is 1.27 bits per heavy atom. The molecule has 2 aromatic carbocycles. The summed E-state index contributed by atoms with van der Waals surface area (Å²) in [6.45, 7) is 1.87. The fourth-order valence-electron chi connectivity index (χ4n) is 2.38. The number of methoxy groups -OCH3 is 1. The Kier molecular flexibility index (Phi) is 4.93. The summed E-state index contributed by atoms with van der Waals surface area (Å²) in [4.78, 5) is 11.6. The van der Waals surface area contributed by atoms with Crippen molar-refractivity contribution in [1.82, 2.24) is 0 Å². The molecule has 2 aromatic rings. The molecule has 2 N–H and O–H groups in total. The van der Waals surface area contributed by atoms with Gasteiger partial charge in [-0.2, -0.15) is 0 Å². The van der Waals surface area contributed by atoms with E-state index in [4.69, 9.17) is 16.3 Å². The number of carboxylic acids is 1. The first-order chi connectivity index (χ1) is 10.4. The highest BCUT2D eigenvalue weighted by molar-refractivity contribution is 6.32. The number of hydrogen-bond donors (Lipinski definition) is 2. The number of phenolic OH excluding ortho intramolecular Hbond substituents is 1. The zero-order chi connectivity index (χ0) is 16.3. The first kappa shape index (κ1) is 16.2. The van der Waals surface area contributed by atoms with E-state index in [0.29, 0.717) is 12.0 Å². The van der Waals surface area contributed by atoms with Gasteiger partial charge in [0, 0.05) is 0 Å². The molecule has 116 valence electrons. The van der Waals surface area contributed by atoms with Crippen LogP contribution >= 0.6 is 11.6 Å². The second kappa shape index (κ2) is 6.71. The number of hydrogen-bond acceptors (Lipinski definition) is 3. The maximum Gasteiger partial charge on any atom is 0.311 e. The number of phenols is 1. The van der Waals surface area contributed by atoms with Crippen molar-refractivity contribution >= 4 is 17.6 Å². The maximum absolute atomic E-state index is 11.6. The largest absolute Gasteiger partial charge is 0.506 e. The molecule has 2 rings (SSSR count). The molecule has 0 fully saturated rings. The van der Waals surface area contributed by atoms with E-state index in [-0.39, 0.29) is 10.8 Å². The predicted octanol–water partition coefficient (Wildman–Crippen LogP) is 3.77. The van der Waals surface area contributed by atoms with Crippen LogP contribution in [0.4, 0.5) is 0 Å². The molecule has 0 heterocycles. The quantitative estimate of drug-likeness (QED) is 0.880. The molecular weight excluding hydrogens is 304 g/mol. The third kappa shape index (κ3) is 3.52. The Balaban J connectivity index is 2.32. The van der Waals surface area contributed by atoms with Crippen LogP contribution in [-0.4, -0.2) is 23.3 Å². The monoisotopic (exact) mass is 320 g/mol. The Labute approximate surface area is 133 Å². The first-order valence-electron chi connectivity index (χ1n) is 6.77. The van der Waals surface area contributed by atoms with Crippen LogP contribution in [0.5, 0.6) is 11.5 Å². The summed E-state index contributed by atoms with van der Waals surface area (Å²) in [5.41, 5.74) is 2.34. The molecule has 5 heteroatoms. The number of aryl methyl sites for hydroxylation is 1. The molecule has 0 aliphatic rings. The molecule has 0 radical (unpaired) electrons. The molecule has 0 aliphatic heterocycles. The lowest BCUT2D eigenvalue weighted by atomic mass is 9.91. The van der Waals surface area contributed by atoms with Crippen LogP contribution in [-0.2, 0) is 11.2 Å². The molecule has 0 saturated carbocycles. The number of carbonyl (C=O) groups is 1. The molecular formula is C17H17ClO4. The standard InChI is InChI=1S/C17H17ClO4/c1-10-7-12(4-6-16(10)22-2)13(17(20)21)8-11-3-5-15(19)14(18)9-11/h3-7,9,13,19H,8H2,1-2H3,(H,20,21). The summed E-state index contributed by atoms with van der Waals surface area (Å²) in [5, 5.41) is 19.2. The van der Waals surface area contributed by atoms with Crippen LogP contribution < -0.4 is 4.74 Å². The average Bonchev–Trinajstić information content (AvgIpc) is 2.48. The van der Waals surface area contributed by atoms with Crippen molar-refractivity contribution in [2.45, 2.75) is 19.3 Å². The number of benzene rings is 2. The molecule has 22 heavy (non-hydrogen) atoms. The molecule has 1 unspecified atom stereocenters. The van der Waals surface area contributed by atoms with E-state index in [0.717, 1.165) is 16.9 Å². The molecule has 0 amide bonds. The smallest absolute Gasteiger partial charge is 0.311 e. The minimum atomic E-state index is -0.909. The highest BCUT2D eigenvalue weighted by Gasteiger charge is 2.21. The molecule has 0 aliphatic carbocycles. The number of rotatable bonds is 5. The normalized spacial score (nSPS) is 12.0. The zero-order valence-electron chi connectivity index (χ0n) is 12.3. The van der Waals surface area contributed by atoms with E-state index < -0.39 is 11.9 Å². The molecule has 0 saturated heterocycles. The third-order valence-corrected chi connectivity index (χ3v) is 3.87. The maximum atomic E-state index is 11.6. The van der Waals surface area contributed by atoms with E-state index in [2.05, 4.69) is 0 Å². The highest BCUT2D eigenvalue weighted by Crippen LogP contribution is 2.29. The summed E-state index contributed by atoms with van der Waals surface area (Å²) in [7, 11) is 1.58. The second-order valence-corrected chi connectivity index (χ2v) is 5.52. The summed E-state index contributed by atoms with van der Waals surface area (Å²) >= 11 is 5.87. The number of aromatic hydroxyl groups is 1. The van der Waals surface area contributed by atoms with Gasteiger partial charge in [0.25, 0.3) is 0 Å². The number of halogens is 1. The fraction of sp³-hybridized carbons (Fsp3) is 0.235. The Morgan fingerprint density at radius 2 is 2.00 bits per heavy atom. The van der Waals surface area contributed by atoms with Crippen LogP contribution in [0.15, 0.2) is 36.4 Å². The number of carboxylic acid groups (broad SMARTS) is 1. The van der Waals surface area contributed by atoms with Gasteiger partial charge in [0.1, 0.15) is 11.5 Å². The van der Waals surface area contributed by atoms with Gasteiger partial charge < -0.3 is 14.9 Å². The zero-order valence-corrected chi connectivity index (χ0v) is 13.1. The van der Waals surface area contributed by atoms with Crippen LogP contribution in [0.2, 0.25) is 5.02 Å². The first-order valence-corrected chi connectivity index (χ1v) is 7.15. The van der Waals surface area contributed by atoms with Crippen LogP contribution in [0, 0.1) is 6.92 Å². The van der Waals surface area contributed by atoms with Crippen molar-refractivity contribution in [2.75, 3.05) is 7.11 Å². The lowest BCUT2D eigenvalue weighted by molar-refractivity contribution is -0.138. The van der Waals surface area contributed by atoms with Gasteiger partial charge in [-0.3, -0.25) is 4.79 Å². The van der Waals surface area contributed by atoms with Gasteiger partial charge in [0.2, 0.25) is 0 Å². The van der Waals surface area contributed by atoms with Gasteiger partial charge in [0.05, 0.1) is 18.1 Å². The van der Waals surface area contributed by atoms with Crippen molar-refractivity contribution in [3.05, 3.63) is 58.1 Å². The van der Waals surface area contributed by atoms with Crippen LogP contribution in [0.3, 0.4) is 0 Å². The summed E-state index contributed by atoms with van der Waals surface area (Å²) in [6, 6.07) is 10.1. The van der Waals surface area contributed by atoms with Crippen molar-refractivity contribution in [1.29, 1.82) is 0 Å². The average molecular weight is 321 g/mol. The Morgan fingerprint density at radius 3 is 2.55 bits per heavy atom. The van der Waals surface area contributed by atoms with E-state index in [1.54, 1.807) is 31.4 Å². The van der Waals surface area contributed by atoms with Crippen molar-refractivity contribution in [3.8, 4) is 11.5 Å². The minimum Gasteiger partial charge on any atom is -0.506 e. The lowest BCUT2D eigenvalue weighted by Crippen LogP contribution is -2.14. The predicted molar refractivity (Wildman–Crippen MR) is 84.9 cm³/mol. The molecule has 4 nitrogen and oxygen atoms in total. The molecule has 1 atom stereocenters. The summed E-state index contributed by atoms with van der Waals surface area (Å²) in [6.07, 6.45) is 0.293. The summed E-state index contributed by atoms with van der Waals surface area (Å²) in [5.74, 6) is -0.892. The highest BCUT2D eigenvalue weighted by atomic mass is 35.5. The SMILES string of the molecule is COc1ccc(C(Cc2ccc(O)c(Cl)c2)C(=O)O)cc1C. The van der Waals surface area contributed by atoms with Crippen molar-refractivity contribution in [3.63, 3.8) is 0 Å². The Hall–Kier alpha value is -2.20. The van der Waals surface area contributed by atoms with Gasteiger partial charge in [-0.25, -0.2) is 0 Å². The van der Waals surface area contributed by atoms with Gasteiger partial charge in [-0.1, -0.05) is 29.8 Å². The summed E-state index contributed by atoms with van der Waals surface area (Å²) < 4.78 is 5.19. The van der Waals surface area contributed by atoms with Crippen molar-refractivity contribution < 1.29 is 19.7 Å². The fourth-order valence-corrected chi connectivity index (χ4v) is 2.58. The lowest BCUT2D eigenvalue weighted by Gasteiger charge is -2.15. The molecule has 0 aromatic heterocycles. The minimum absolute atomic E-state index is 0.0161. The van der Waals surface area contributed by atoms with Gasteiger partial charge >= 0.3 is 5.97 Å². The van der Waals surface area contributed by atoms with E-state index in [1.165, 1.54) is 6.07 Å². The van der Waals surface area contributed by atoms with Crippen LogP contribution in [0.25, 0.3) is 0 Å². The van der Waals surface area contributed by atoms with Gasteiger partial charge in [0.15, 0.2) is 0 Å². The van der Waals surface area contributed by atoms with E-state index >= 15 is 0 Å². The van der Waals surface area contributed by atoms with Gasteiger partial charge in [-0.05, 0) is 48.2 Å². The molecule has 0 bridgehead atoms. The number of ether oxygens (including phenoxy) is 1. The van der Waals surface area contributed by atoms with E-state index in [1.807, 2.05) is 13.0 Å². The van der Waals surface area contributed by atoms with E-state index in [9.17, 15) is 15.0 Å². The third-order valence-electron chi connectivity index (χ3n) is 3.57. The van der Waals surface area contributed by atoms with Gasteiger partial charge in [-0.15, -0.1) is 0 Å². The Bertz CT molecular complexity index is 697. The van der Waals surface area contributed by atoms with Crippen molar-refractivity contribution in [2.24, 2.45) is 0 Å².